The van der Waals surface area contributed by atoms with Crippen molar-refractivity contribution in [2.75, 3.05) is 30.9 Å². The number of rotatable bonds is 5. The molecule has 1 atom stereocenters. The van der Waals surface area contributed by atoms with Crippen molar-refractivity contribution < 1.29 is 4.79 Å². The van der Waals surface area contributed by atoms with Crippen molar-refractivity contribution in [3.05, 3.63) is 24.3 Å². The first-order chi connectivity index (χ1) is 9.57. The van der Waals surface area contributed by atoms with Crippen LogP contribution in [0.2, 0.25) is 0 Å². The van der Waals surface area contributed by atoms with E-state index in [1.54, 1.807) is 0 Å². The number of amides is 1. The lowest BCUT2D eigenvalue weighted by Gasteiger charge is -2.28. The minimum atomic E-state index is -0.372. The molecule has 4 heteroatoms. The molecule has 1 aromatic rings. The monoisotopic (exact) mass is 275 g/mol. The number of benzene rings is 1. The molecule has 0 saturated carbocycles. The van der Waals surface area contributed by atoms with E-state index in [1.807, 2.05) is 43.3 Å². The molecule has 1 heterocycles. The maximum atomic E-state index is 12.6. The summed E-state index contributed by atoms with van der Waals surface area (Å²) in [6.07, 6.45) is 3.91. The van der Waals surface area contributed by atoms with Crippen LogP contribution in [0.25, 0.3) is 0 Å². The molecule has 1 unspecified atom stereocenters. The van der Waals surface area contributed by atoms with E-state index < -0.39 is 0 Å². The van der Waals surface area contributed by atoms with Crippen molar-refractivity contribution in [3.8, 4) is 0 Å². The van der Waals surface area contributed by atoms with Gasteiger partial charge in [0.1, 0.15) is 0 Å². The van der Waals surface area contributed by atoms with Crippen LogP contribution in [0.3, 0.4) is 0 Å². The Morgan fingerprint density at radius 1 is 1.45 bits per heavy atom. The van der Waals surface area contributed by atoms with E-state index in [-0.39, 0.29) is 11.4 Å². The van der Waals surface area contributed by atoms with E-state index in [1.165, 1.54) is 0 Å². The van der Waals surface area contributed by atoms with Crippen molar-refractivity contribution in [3.63, 3.8) is 0 Å². The second-order valence-electron chi connectivity index (χ2n) is 5.76. The molecule has 110 valence electrons. The number of carbonyl (C=O) groups excluding carboxylic acids is 1. The third kappa shape index (κ3) is 3.12. The van der Waals surface area contributed by atoms with Crippen molar-refractivity contribution in [1.29, 1.82) is 0 Å². The van der Waals surface area contributed by atoms with E-state index in [4.69, 9.17) is 0 Å². The summed E-state index contributed by atoms with van der Waals surface area (Å²) in [4.78, 5) is 14.7. The number of nitrogens with one attached hydrogen (secondary N) is 2. The Bertz CT molecular complexity index is 465. The van der Waals surface area contributed by atoms with Gasteiger partial charge in [-0.3, -0.25) is 4.79 Å². The van der Waals surface area contributed by atoms with Crippen LogP contribution >= 0.6 is 0 Å². The minimum Gasteiger partial charge on any atom is -0.378 e. The van der Waals surface area contributed by atoms with Crippen LogP contribution in [0.15, 0.2) is 24.3 Å². The predicted molar refractivity (Wildman–Crippen MR) is 84.3 cm³/mol. The SMILES string of the molecule is CCCC1(C(=O)Nc2cccc(N(C)C)c2)CCCN1. The van der Waals surface area contributed by atoms with Crippen LogP contribution in [0.4, 0.5) is 11.4 Å². The number of hydrogen-bond acceptors (Lipinski definition) is 3. The summed E-state index contributed by atoms with van der Waals surface area (Å²) >= 11 is 0. The van der Waals surface area contributed by atoms with Crippen LogP contribution in [-0.4, -0.2) is 32.1 Å². The topological polar surface area (TPSA) is 44.4 Å². The first kappa shape index (κ1) is 14.9. The van der Waals surface area contributed by atoms with Gasteiger partial charge in [0.2, 0.25) is 5.91 Å². The molecule has 1 amide bonds. The molecule has 1 aromatic carbocycles. The average Bonchev–Trinajstić information content (AvgIpc) is 2.89. The minimum absolute atomic E-state index is 0.104. The normalized spacial score (nSPS) is 21.8. The summed E-state index contributed by atoms with van der Waals surface area (Å²) in [6, 6.07) is 7.96. The van der Waals surface area contributed by atoms with Gasteiger partial charge in [-0.25, -0.2) is 0 Å². The summed E-state index contributed by atoms with van der Waals surface area (Å²) in [5.74, 6) is 0.104. The Balaban J connectivity index is 2.12. The van der Waals surface area contributed by atoms with Gasteiger partial charge in [-0.1, -0.05) is 19.4 Å². The highest BCUT2D eigenvalue weighted by atomic mass is 16.2. The lowest BCUT2D eigenvalue weighted by molar-refractivity contribution is -0.122. The molecule has 2 rings (SSSR count). The van der Waals surface area contributed by atoms with Gasteiger partial charge >= 0.3 is 0 Å². The Morgan fingerprint density at radius 3 is 2.85 bits per heavy atom. The van der Waals surface area contributed by atoms with Gasteiger partial charge in [-0.05, 0) is 44.0 Å². The van der Waals surface area contributed by atoms with Gasteiger partial charge in [0.05, 0.1) is 5.54 Å². The van der Waals surface area contributed by atoms with E-state index in [0.717, 1.165) is 43.6 Å². The molecule has 0 aliphatic carbocycles. The zero-order valence-electron chi connectivity index (χ0n) is 12.7. The number of nitrogens with zero attached hydrogens (tertiary/aromatic N) is 1. The lowest BCUT2D eigenvalue weighted by Crippen LogP contribution is -2.50. The number of anilines is 2. The fourth-order valence-corrected chi connectivity index (χ4v) is 2.87. The first-order valence-electron chi connectivity index (χ1n) is 7.41. The van der Waals surface area contributed by atoms with Crippen LogP contribution < -0.4 is 15.5 Å². The van der Waals surface area contributed by atoms with Crippen LogP contribution in [0.5, 0.6) is 0 Å². The van der Waals surface area contributed by atoms with Gasteiger partial charge in [-0.15, -0.1) is 0 Å². The molecular weight excluding hydrogens is 250 g/mol. The van der Waals surface area contributed by atoms with Crippen molar-refractivity contribution in [2.24, 2.45) is 0 Å². The smallest absolute Gasteiger partial charge is 0.244 e. The highest BCUT2D eigenvalue weighted by molar-refractivity contribution is 5.98. The lowest BCUT2D eigenvalue weighted by atomic mass is 9.91. The van der Waals surface area contributed by atoms with Crippen LogP contribution in [0.1, 0.15) is 32.6 Å². The fraction of sp³-hybridized carbons (Fsp3) is 0.562. The molecule has 0 bridgehead atoms. The molecule has 1 aliphatic rings. The average molecular weight is 275 g/mol. The number of carbonyl (C=O) groups is 1. The Hall–Kier alpha value is -1.55. The van der Waals surface area contributed by atoms with E-state index >= 15 is 0 Å². The van der Waals surface area contributed by atoms with Crippen LogP contribution in [0, 0.1) is 0 Å². The van der Waals surface area contributed by atoms with Gasteiger partial charge in [0.25, 0.3) is 0 Å². The zero-order chi connectivity index (χ0) is 14.6. The van der Waals surface area contributed by atoms with Crippen molar-refractivity contribution in [1.82, 2.24) is 5.32 Å². The summed E-state index contributed by atoms with van der Waals surface area (Å²) in [6.45, 7) is 3.06. The van der Waals surface area contributed by atoms with Gasteiger partial charge in [-0.2, -0.15) is 0 Å². The maximum Gasteiger partial charge on any atom is 0.244 e. The van der Waals surface area contributed by atoms with E-state index in [0.29, 0.717) is 0 Å². The second-order valence-corrected chi connectivity index (χ2v) is 5.76. The third-order valence-corrected chi connectivity index (χ3v) is 3.98. The molecule has 1 saturated heterocycles. The third-order valence-electron chi connectivity index (χ3n) is 3.98. The molecule has 0 aromatic heterocycles. The summed E-state index contributed by atoms with van der Waals surface area (Å²) in [5.41, 5.74) is 1.58. The van der Waals surface area contributed by atoms with Crippen LogP contribution in [-0.2, 0) is 4.79 Å². The standard InChI is InChI=1S/C16H25N3O/c1-4-9-16(10-6-11-17-16)15(20)18-13-7-5-8-14(12-13)19(2)3/h5,7-8,12,17H,4,6,9-11H2,1-3H3,(H,18,20). The summed E-state index contributed by atoms with van der Waals surface area (Å²) in [5, 5.41) is 6.48. The van der Waals surface area contributed by atoms with Crippen molar-refractivity contribution >= 4 is 17.3 Å². The molecule has 2 N–H and O–H groups in total. The Kier molecular flexibility index (Phi) is 4.65. The quantitative estimate of drug-likeness (QED) is 0.868. The molecular formula is C16H25N3O. The van der Waals surface area contributed by atoms with E-state index in [2.05, 4.69) is 17.6 Å². The van der Waals surface area contributed by atoms with E-state index in [9.17, 15) is 4.79 Å². The highest BCUT2D eigenvalue weighted by Crippen LogP contribution is 2.27. The fourth-order valence-electron chi connectivity index (χ4n) is 2.87. The summed E-state index contributed by atoms with van der Waals surface area (Å²) in [7, 11) is 4.00. The Labute approximate surface area is 121 Å². The molecule has 0 spiro atoms. The maximum absolute atomic E-state index is 12.6. The van der Waals surface area contributed by atoms with Gasteiger partial charge in [0, 0.05) is 25.5 Å². The Morgan fingerprint density at radius 2 is 2.25 bits per heavy atom. The molecule has 1 aliphatic heterocycles. The summed E-state index contributed by atoms with van der Waals surface area (Å²) < 4.78 is 0. The first-order valence-corrected chi connectivity index (χ1v) is 7.41. The zero-order valence-corrected chi connectivity index (χ0v) is 12.7. The number of hydrogen-bond donors (Lipinski definition) is 2. The van der Waals surface area contributed by atoms with Crippen molar-refractivity contribution in [2.45, 2.75) is 38.1 Å². The molecule has 1 fully saturated rings. The second kappa shape index (κ2) is 6.27. The largest absolute Gasteiger partial charge is 0.378 e. The molecule has 20 heavy (non-hydrogen) atoms. The van der Waals surface area contributed by atoms with Gasteiger partial charge in [0.15, 0.2) is 0 Å². The highest BCUT2D eigenvalue weighted by Gasteiger charge is 2.39. The molecule has 4 nitrogen and oxygen atoms in total. The van der Waals surface area contributed by atoms with Gasteiger partial charge < -0.3 is 15.5 Å². The molecule has 0 radical (unpaired) electrons. The predicted octanol–water partition coefficient (Wildman–Crippen LogP) is 2.61.